The van der Waals surface area contributed by atoms with Crippen LogP contribution in [0.15, 0.2) is 18.5 Å². The largest absolute Gasteiger partial charge is 0.490 e. The average Bonchev–Trinajstić information content (AvgIpc) is 3.52. The maximum absolute atomic E-state index is 13.3. The van der Waals surface area contributed by atoms with Crippen LogP contribution in [0.3, 0.4) is 0 Å². The molecule has 0 aromatic carbocycles. The number of anilines is 1. The van der Waals surface area contributed by atoms with Gasteiger partial charge in [-0.25, -0.2) is 24.5 Å². The van der Waals surface area contributed by atoms with Gasteiger partial charge >= 0.3 is 18.2 Å². The van der Waals surface area contributed by atoms with E-state index in [0.717, 1.165) is 57.1 Å². The molecule has 2 aromatic heterocycles. The van der Waals surface area contributed by atoms with E-state index in [1.54, 1.807) is 12.4 Å². The highest BCUT2D eigenvalue weighted by Crippen LogP contribution is 2.43. The van der Waals surface area contributed by atoms with Crippen molar-refractivity contribution in [3.05, 3.63) is 35.7 Å². The second-order valence-corrected chi connectivity index (χ2v) is 10.8. The first-order valence-electron chi connectivity index (χ1n) is 13.4. The number of hydrogen-bond acceptors (Lipinski definition) is 6. The Morgan fingerprint density at radius 2 is 1.72 bits per heavy atom. The lowest BCUT2D eigenvalue weighted by atomic mass is 9.72. The molecule has 1 saturated carbocycles. The molecule has 1 aliphatic carbocycles. The molecule has 5 rings (SSSR count). The maximum atomic E-state index is 13.3. The number of fused-ring (bicyclic) bond motifs is 2. The minimum absolute atomic E-state index is 0.0879. The summed E-state index contributed by atoms with van der Waals surface area (Å²) >= 11 is 0. The molecule has 4 heterocycles. The van der Waals surface area contributed by atoms with Crippen LogP contribution in [-0.2, 0) is 16.8 Å². The van der Waals surface area contributed by atoms with Crippen LogP contribution in [0, 0.1) is 6.92 Å². The van der Waals surface area contributed by atoms with Crippen molar-refractivity contribution < 1.29 is 27.9 Å². The molecule has 2 amide bonds. The third kappa shape index (κ3) is 6.27. The summed E-state index contributed by atoms with van der Waals surface area (Å²) in [6, 6.07) is 2.59. The van der Waals surface area contributed by atoms with Gasteiger partial charge in [0.15, 0.2) is 0 Å². The number of carbonyl (C=O) groups excluding carboxylic acids is 1. The highest BCUT2D eigenvalue weighted by molar-refractivity contribution is 5.75. The van der Waals surface area contributed by atoms with Gasteiger partial charge in [0, 0.05) is 49.5 Å². The van der Waals surface area contributed by atoms with Crippen LogP contribution in [0.4, 0.5) is 23.9 Å². The predicted octanol–water partition coefficient (Wildman–Crippen LogP) is 4.20. The molecule has 13 heteroatoms. The number of carboxylic acid groups (broad SMARTS) is 1. The van der Waals surface area contributed by atoms with Crippen LogP contribution in [0.25, 0.3) is 0 Å². The van der Waals surface area contributed by atoms with Crippen molar-refractivity contribution >= 4 is 17.9 Å². The topological polar surface area (TPSA) is 116 Å². The van der Waals surface area contributed by atoms with Gasteiger partial charge in [-0.1, -0.05) is 12.8 Å². The second kappa shape index (κ2) is 11.4. The lowest BCUT2D eigenvalue weighted by Crippen LogP contribution is -2.56. The second-order valence-electron chi connectivity index (χ2n) is 10.8. The van der Waals surface area contributed by atoms with Crippen LogP contribution in [0.2, 0.25) is 0 Å². The number of hydrogen-bond donors (Lipinski definition) is 2. The Balaban J connectivity index is 0.000000448. The molecule has 10 nitrogen and oxygen atoms in total. The molecular formula is C26H36F3N7O3. The van der Waals surface area contributed by atoms with Gasteiger partial charge in [-0.3, -0.25) is 0 Å². The predicted molar refractivity (Wildman–Crippen MR) is 137 cm³/mol. The Morgan fingerprint density at radius 1 is 1.13 bits per heavy atom. The van der Waals surface area contributed by atoms with Gasteiger partial charge in [0.25, 0.3) is 0 Å². The molecule has 2 fully saturated rings. The third-order valence-corrected chi connectivity index (χ3v) is 7.81. The number of urea groups is 1. The molecule has 2 N–H and O–H groups in total. The number of halogens is 3. The van der Waals surface area contributed by atoms with Crippen LogP contribution in [-0.4, -0.2) is 73.4 Å². The highest BCUT2D eigenvalue weighted by Gasteiger charge is 2.47. The van der Waals surface area contributed by atoms with Crippen molar-refractivity contribution in [1.82, 2.24) is 29.7 Å². The number of aromatic nitrogens is 4. The number of amides is 2. The van der Waals surface area contributed by atoms with E-state index in [9.17, 15) is 18.0 Å². The third-order valence-electron chi connectivity index (χ3n) is 7.81. The number of rotatable bonds is 3. The molecule has 0 unspecified atom stereocenters. The summed E-state index contributed by atoms with van der Waals surface area (Å²) in [5, 5.41) is 10.4. The SMILES string of the molecule is Cc1nc2c(n1C(C)C)CN(C(=O)NC1CCCC1)CC21CCN(c2ncccn2)CC1.O=C(O)C(F)(F)F. The van der Waals surface area contributed by atoms with Gasteiger partial charge in [0.2, 0.25) is 5.95 Å². The summed E-state index contributed by atoms with van der Waals surface area (Å²) < 4.78 is 34.1. The van der Waals surface area contributed by atoms with Crippen molar-refractivity contribution in [2.24, 2.45) is 0 Å². The number of alkyl halides is 3. The van der Waals surface area contributed by atoms with Crippen molar-refractivity contribution in [3.63, 3.8) is 0 Å². The van der Waals surface area contributed by atoms with Crippen molar-refractivity contribution in [2.45, 2.75) is 89.5 Å². The summed E-state index contributed by atoms with van der Waals surface area (Å²) in [7, 11) is 0. The average molecular weight is 552 g/mol. The molecule has 3 aliphatic rings. The smallest absolute Gasteiger partial charge is 0.475 e. The van der Waals surface area contributed by atoms with E-state index >= 15 is 0 Å². The number of carboxylic acids is 1. The number of imidazole rings is 1. The standard InChI is InChI=1S/C24H35N7O.C2HF3O2/c1-17(2)31-18(3)27-21-20(31)15-30(23(32)28-19-7-4-5-8-19)16-24(21)9-13-29(14-10-24)22-25-11-6-12-26-22;3-2(4,5)1(6)7/h6,11-12,17,19H,4-5,7-10,13-16H2,1-3H3,(H,28,32);(H,6,7). The maximum Gasteiger partial charge on any atom is 0.490 e. The number of nitrogens with one attached hydrogen (secondary N) is 1. The first-order valence-corrected chi connectivity index (χ1v) is 13.4. The number of aryl methyl sites for hydroxylation is 1. The zero-order chi connectivity index (χ0) is 28.4. The summed E-state index contributed by atoms with van der Waals surface area (Å²) in [5.74, 6) is -0.915. The van der Waals surface area contributed by atoms with Crippen molar-refractivity contribution in [2.75, 3.05) is 24.5 Å². The van der Waals surface area contributed by atoms with E-state index in [1.165, 1.54) is 24.2 Å². The zero-order valence-electron chi connectivity index (χ0n) is 22.5. The molecule has 1 spiro atoms. The van der Waals surface area contributed by atoms with E-state index in [4.69, 9.17) is 14.9 Å². The van der Waals surface area contributed by atoms with E-state index in [-0.39, 0.29) is 11.4 Å². The van der Waals surface area contributed by atoms with E-state index in [1.807, 2.05) is 6.07 Å². The van der Waals surface area contributed by atoms with Crippen LogP contribution < -0.4 is 10.2 Å². The molecule has 1 saturated heterocycles. The highest BCUT2D eigenvalue weighted by atomic mass is 19.4. The Bertz CT molecular complexity index is 1160. The first-order chi connectivity index (χ1) is 18.4. The molecule has 214 valence electrons. The lowest BCUT2D eigenvalue weighted by molar-refractivity contribution is -0.192. The molecule has 2 aliphatic heterocycles. The lowest BCUT2D eigenvalue weighted by Gasteiger charge is -2.47. The Morgan fingerprint density at radius 3 is 2.26 bits per heavy atom. The Hall–Kier alpha value is -3.38. The fourth-order valence-electron chi connectivity index (χ4n) is 5.99. The Labute approximate surface area is 225 Å². The summed E-state index contributed by atoms with van der Waals surface area (Å²) in [4.78, 5) is 40.5. The molecule has 0 atom stereocenters. The van der Waals surface area contributed by atoms with E-state index < -0.39 is 12.1 Å². The van der Waals surface area contributed by atoms with E-state index in [2.05, 4.69) is 50.4 Å². The Kier molecular flexibility index (Phi) is 8.36. The number of carbonyl (C=O) groups is 2. The van der Waals surface area contributed by atoms with Gasteiger partial charge in [-0.2, -0.15) is 13.2 Å². The van der Waals surface area contributed by atoms with E-state index in [0.29, 0.717) is 18.6 Å². The normalized spacial score (nSPS) is 19.1. The fourth-order valence-corrected chi connectivity index (χ4v) is 5.99. The minimum Gasteiger partial charge on any atom is -0.475 e. The zero-order valence-corrected chi connectivity index (χ0v) is 22.5. The van der Waals surface area contributed by atoms with Gasteiger partial charge in [-0.05, 0) is 52.5 Å². The van der Waals surface area contributed by atoms with Gasteiger partial charge in [0.1, 0.15) is 5.82 Å². The van der Waals surface area contributed by atoms with Crippen LogP contribution in [0.1, 0.15) is 75.6 Å². The van der Waals surface area contributed by atoms with Crippen molar-refractivity contribution in [1.29, 1.82) is 0 Å². The number of aliphatic carboxylic acids is 1. The molecule has 2 aromatic rings. The summed E-state index contributed by atoms with van der Waals surface area (Å²) in [5.41, 5.74) is 2.31. The molecule has 0 radical (unpaired) electrons. The monoisotopic (exact) mass is 551 g/mol. The molecule has 0 bridgehead atoms. The van der Waals surface area contributed by atoms with Gasteiger partial charge in [0.05, 0.1) is 17.9 Å². The summed E-state index contributed by atoms with van der Waals surface area (Å²) in [6.45, 7) is 9.62. The number of nitrogens with zero attached hydrogens (tertiary/aromatic N) is 6. The van der Waals surface area contributed by atoms with Crippen LogP contribution >= 0.6 is 0 Å². The first kappa shape index (κ1) is 28.6. The van der Waals surface area contributed by atoms with Gasteiger partial charge in [-0.15, -0.1) is 0 Å². The number of piperidine rings is 1. The molecule has 39 heavy (non-hydrogen) atoms. The van der Waals surface area contributed by atoms with Gasteiger partial charge < -0.3 is 24.8 Å². The van der Waals surface area contributed by atoms with Crippen LogP contribution in [0.5, 0.6) is 0 Å². The quantitative estimate of drug-likeness (QED) is 0.587. The molecular weight excluding hydrogens is 515 g/mol. The summed E-state index contributed by atoms with van der Waals surface area (Å²) in [6.07, 6.45) is 5.05. The minimum atomic E-state index is -5.08. The fraction of sp³-hybridized carbons (Fsp3) is 0.654. The van der Waals surface area contributed by atoms with Crippen molar-refractivity contribution in [3.8, 4) is 0 Å².